The van der Waals surface area contributed by atoms with Crippen molar-refractivity contribution in [3.63, 3.8) is 0 Å². The lowest BCUT2D eigenvalue weighted by atomic mass is 10.0. The largest absolute Gasteiger partial charge is 0.481 e. The second kappa shape index (κ2) is 8.21. The average Bonchev–Trinajstić information content (AvgIpc) is 3.10. The van der Waals surface area contributed by atoms with Crippen molar-refractivity contribution in [1.82, 2.24) is 9.88 Å². The molecule has 3 N–H and O–H groups in total. The third kappa shape index (κ3) is 4.56. The number of carbonyl (C=O) groups is 2. The first-order chi connectivity index (χ1) is 15.8. The minimum absolute atomic E-state index is 0.0610. The molecule has 2 heterocycles. The summed E-state index contributed by atoms with van der Waals surface area (Å²) in [6.45, 7) is 0. The van der Waals surface area contributed by atoms with Crippen LogP contribution < -0.4 is 4.72 Å². The first-order valence-corrected chi connectivity index (χ1v) is 11.8. The second-order valence-electron chi connectivity index (χ2n) is 7.65. The average molecular weight is 516 g/mol. The third-order valence-corrected chi connectivity index (χ3v) is 8.37. The quantitative estimate of drug-likeness (QED) is 0.413. The summed E-state index contributed by atoms with van der Waals surface area (Å²) in [6, 6.07) is 9.23. The fourth-order valence-corrected chi connectivity index (χ4v) is 6.23. The van der Waals surface area contributed by atoms with Crippen LogP contribution in [0.5, 0.6) is 0 Å². The zero-order valence-corrected chi connectivity index (χ0v) is 18.5. The number of thiophene rings is 1. The van der Waals surface area contributed by atoms with Crippen LogP contribution in [0.3, 0.4) is 0 Å². The minimum Gasteiger partial charge on any atom is -0.481 e. The molecule has 4 rings (SSSR count). The maximum atomic E-state index is 12.9. The van der Waals surface area contributed by atoms with E-state index in [-0.39, 0.29) is 27.6 Å². The van der Waals surface area contributed by atoms with E-state index < -0.39 is 45.4 Å². The van der Waals surface area contributed by atoms with Gasteiger partial charge in [-0.25, -0.2) is 8.42 Å². The molecule has 0 saturated heterocycles. The predicted octanol–water partition coefficient (Wildman–Crippen LogP) is 3.34. The molecule has 1 unspecified atom stereocenters. The van der Waals surface area contributed by atoms with Crippen molar-refractivity contribution >= 4 is 33.3 Å². The number of alkyl halides is 3. The van der Waals surface area contributed by atoms with Gasteiger partial charge in [0.25, 0.3) is 10.0 Å². The number of rotatable bonds is 8. The van der Waals surface area contributed by atoms with Gasteiger partial charge in [-0.05, 0) is 29.7 Å². The lowest BCUT2D eigenvalue weighted by Gasteiger charge is -2.15. The van der Waals surface area contributed by atoms with Crippen LogP contribution in [0.4, 0.5) is 13.2 Å². The van der Waals surface area contributed by atoms with E-state index in [2.05, 4.69) is 14.4 Å². The molecule has 0 bridgehead atoms. The van der Waals surface area contributed by atoms with Crippen LogP contribution in [0, 0.1) is 0 Å². The highest BCUT2D eigenvalue weighted by Crippen LogP contribution is 2.53. The molecular formula is C20H15F3N2O7S2. The SMILES string of the molecule is O=C(O)Cc1cccc([C@@H]2CC2(NS(=O)(=O)c2ccc(-c3cc(C(F)(F)F)on3)s2)C(=O)O)c1. The summed E-state index contributed by atoms with van der Waals surface area (Å²) in [5.41, 5.74) is -1.15. The number of halogens is 3. The van der Waals surface area contributed by atoms with E-state index in [0.717, 1.165) is 6.07 Å². The minimum atomic E-state index is -4.75. The summed E-state index contributed by atoms with van der Waals surface area (Å²) in [7, 11) is -4.37. The fraction of sp³-hybridized carbons (Fsp3) is 0.250. The van der Waals surface area contributed by atoms with Crippen LogP contribution in [-0.4, -0.2) is 41.3 Å². The Hall–Kier alpha value is -3.23. The highest BCUT2D eigenvalue weighted by Gasteiger charge is 2.63. The summed E-state index contributed by atoms with van der Waals surface area (Å²) < 4.78 is 70.2. The molecule has 1 aliphatic rings. The lowest BCUT2D eigenvalue weighted by Crippen LogP contribution is -2.44. The molecule has 1 saturated carbocycles. The highest BCUT2D eigenvalue weighted by atomic mass is 32.2. The van der Waals surface area contributed by atoms with Gasteiger partial charge in [-0.2, -0.15) is 17.9 Å². The van der Waals surface area contributed by atoms with E-state index in [1.54, 1.807) is 18.2 Å². The second-order valence-corrected chi connectivity index (χ2v) is 10.6. The predicted molar refractivity (Wildman–Crippen MR) is 111 cm³/mol. The van der Waals surface area contributed by atoms with Crippen molar-refractivity contribution in [2.24, 2.45) is 0 Å². The van der Waals surface area contributed by atoms with Crippen LogP contribution in [0.2, 0.25) is 0 Å². The number of hydrogen-bond donors (Lipinski definition) is 3. The summed E-state index contributed by atoms with van der Waals surface area (Å²) >= 11 is 0.605. The smallest absolute Gasteiger partial charge is 0.452 e. The van der Waals surface area contributed by atoms with Crippen molar-refractivity contribution in [3.05, 3.63) is 59.4 Å². The van der Waals surface area contributed by atoms with Crippen LogP contribution in [0.1, 0.15) is 29.2 Å². The Kier molecular flexibility index (Phi) is 5.78. The van der Waals surface area contributed by atoms with Crippen LogP contribution in [0.25, 0.3) is 10.6 Å². The Balaban J connectivity index is 1.57. The summed E-state index contributed by atoms with van der Waals surface area (Å²) in [5, 5.41) is 22.0. The van der Waals surface area contributed by atoms with Gasteiger partial charge < -0.3 is 14.7 Å². The third-order valence-electron chi connectivity index (χ3n) is 5.26. The molecular weight excluding hydrogens is 501 g/mol. The molecule has 180 valence electrons. The number of benzene rings is 1. The Bertz CT molecular complexity index is 1380. The van der Waals surface area contributed by atoms with Gasteiger partial charge in [-0.1, -0.05) is 29.4 Å². The molecule has 3 aromatic rings. The molecule has 34 heavy (non-hydrogen) atoms. The molecule has 0 aliphatic heterocycles. The number of aromatic nitrogens is 1. The topological polar surface area (TPSA) is 147 Å². The van der Waals surface area contributed by atoms with E-state index in [9.17, 15) is 36.3 Å². The van der Waals surface area contributed by atoms with E-state index in [4.69, 9.17) is 5.11 Å². The van der Waals surface area contributed by atoms with Crippen molar-refractivity contribution in [2.45, 2.75) is 34.7 Å². The van der Waals surface area contributed by atoms with Gasteiger partial charge in [0.2, 0.25) is 5.76 Å². The number of nitrogens with zero attached hydrogens (tertiary/aromatic N) is 1. The Morgan fingerprint density at radius 2 is 1.94 bits per heavy atom. The van der Waals surface area contributed by atoms with Gasteiger partial charge in [0, 0.05) is 12.0 Å². The number of hydrogen-bond acceptors (Lipinski definition) is 7. The normalized spacial score (nSPS) is 20.3. The maximum absolute atomic E-state index is 12.9. The van der Waals surface area contributed by atoms with E-state index in [1.807, 2.05) is 0 Å². The van der Waals surface area contributed by atoms with Crippen molar-refractivity contribution < 1.29 is 45.9 Å². The molecule has 1 aromatic carbocycles. The molecule has 0 amide bonds. The molecule has 1 aliphatic carbocycles. The molecule has 0 radical (unpaired) electrons. The molecule has 1 fully saturated rings. The number of carboxylic acids is 2. The van der Waals surface area contributed by atoms with Crippen LogP contribution in [0.15, 0.2) is 51.2 Å². The summed E-state index contributed by atoms with van der Waals surface area (Å²) in [6.07, 6.45) is -5.09. The molecule has 0 spiro atoms. The zero-order valence-electron chi connectivity index (χ0n) is 16.9. The van der Waals surface area contributed by atoms with E-state index in [1.165, 1.54) is 12.1 Å². The molecule has 14 heteroatoms. The Morgan fingerprint density at radius 1 is 1.21 bits per heavy atom. The highest BCUT2D eigenvalue weighted by molar-refractivity contribution is 7.91. The summed E-state index contributed by atoms with van der Waals surface area (Å²) in [5.74, 6) is -4.55. The van der Waals surface area contributed by atoms with Gasteiger partial charge in [0.15, 0.2) is 0 Å². The summed E-state index contributed by atoms with van der Waals surface area (Å²) in [4.78, 5) is 23.0. The van der Waals surface area contributed by atoms with Gasteiger partial charge in [-0.3, -0.25) is 9.59 Å². The number of aliphatic carboxylic acids is 2. The maximum Gasteiger partial charge on any atom is 0.452 e. The van der Waals surface area contributed by atoms with E-state index >= 15 is 0 Å². The van der Waals surface area contributed by atoms with Gasteiger partial charge in [0.05, 0.1) is 11.3 Å². The number of nitrogens with one attached hydrogen (secondary N) is 1. The Labute approximate surface area is 193 Å². The van der Waals surface area contributed by atoms with Crippen LogP contribution >= 0.6 is 11.3 Å². The van der Waals surface area contributed by atoms with E-state index in [0.29, 0.717) is 28.5 Å². The van der Waals surface area contributed by atoms with Crippen LogP contribution in [-0.2, 0) is 32.2 Å². The monoisotopic (exact) mass is 516 g/mol. The molecule has 2 aromatic heterocycles. The first kappa shape index (κ1) is 23.9. The van der Waals surface area contributed by atoms with Gasteiger partial charge in [0.1, 0.15) is 15.4 Å². The molecule has 9 nitrogen and oxygen atoms in total. The van der Waals surface area contributed by atoms with Crippen molar-refractivity contribution in [3.8, 4) is 10.6 Å². The number of sulfonamides is 1. The van der Waals surface area contributed by atoms with Gasteiger partial charge >= 0.3 is 18.1 Å². The van der Waals surface area contributed by atoms with Crippen molar-refractivity contribution in [2.75, 3.05) is 0 Å². The first-order valence-electron chi connectivity index (χ1n) is 9.54. The van der Waals surface area contributed by atoms with Crippen molar-refractivity contribution in [1.29, 1.82) is 0 Å². The zero-order chi connectivity index (χ0) is 24.9. The number of carboxylic acid groups (broad SMARTS) is 2. The fourth-order valence-electron chi connectivity index (χ4n) is 3.57. The lowest BCUT2D eigenvalue weighted by molar-refractivity contribution is -0.155. The molecule has 2 atom stereocenters. The standard InChI is InChI=1S/C20H15F3N2O7S2/c21-20(22,23)15-8-13(24-32-15)14-4-5-17(33-14)34(30,31)25-19(18(28)29)9-12(19)11-3-1-2-10(6-11)7-16(26)27/h1-6,8,12,25H,7,9H2,(H,26,27)(H,28,29)/t12-,19?/m0/s1. The van der Waals surface area contributed by atoms with Gasteiger partial charge in [-0.15, -0.1) is 11.3 Å². The Morgan fingerprint density at radius 3 is 2.56 bits per heavy atom.